The number of hydrogen-bond acceptors (Lipinski definition) is 3. The van der Waals surface area contributed by atoms with Crippen LogP contribution in [-0.2, 0) is 4.74 Å². The Morgan fingerprint density at radius 2 is 2.04 bits per heavy atom. The predicted molar refractivity (Wildman–Crippen MR) is 94.7 cm³/mol. The van der Waals surface area contributed by atoms with Crippen LogP contribution in [0.25, 0.3) is 11.0 Å². The first-order chi connectivity index (χ1) is 12.2. The molecule has 2 aliphatic rings. The second-order valence-corrected chi connectivity index (χ2v) is 6.95. The van der Waals surface area contributed by atoms with Gasteiger partial charge in [0.15, 0.2) is 0 Å². The molecule has 2 amide bonds. The fraction of sp³-hybridized carbons (Fsp3) is 0.556. The molecule has 7 heteroatoms. The fourth-order valence-electron chi connectivity index (χ4n) is 3.85. The van der Waals surface area contributed by atoms with Crippen molar-refractivity contribution in [1.29, 1.82) is 0 Å². The number of piperidine rings is 1. The molecule has 7 nitrogen and oxygen atoms in total. The number of carbonyl (C=O) groups is 1. The number of benzene rings is 1. The van der Waals surface area contributed by atoms with E-state index in [1.807, 2.05) is 33.7 Å². The SMILES string of the molecule is O=C(NC[C@@H]1CCOC1)N1CCC(n2c(=O)[nH]c3ccccc32)CC1. The zero-order chi connectivity index (χ0) is 17.2. The van der Waals surface area contributed by atoms with Crippen molar-refractivity contribution >= 4 is 17.1 Å². The lowest BCUT2D eigenvalue weighted by molar-refractivity contribution is 0.166. The summed E-state index contributed by atoms with van der Waals surface area (Å²) in [7, 11) is 0. The summed E-state index contributed by atoms with van der Waals surface area (Å²) in [6.07, 6.45) is 2.61. The molecule has 0 aliphatic carbocycles. The predicted octanol–water partition coefficient (Wildman–Crippen LogP) is 1.71. The van der Waals surface area contributed by atoms with Crippen molar-refractivity contribution in [2.24, 2.45) is 5.92 Å². The number of para-hydroxylation sites is 2. The van der Waals surface area contributed by atoms with Crippen molar-refractivity contribution < 1.29 is 9.53 Å². The molecule has 1 atom stereocenters. The lowest BCUT2D eigenvalue weighted by atomic mass is 10.0. The number of ether oxygens (including phenoxy) is 1. The Morgan fingerprint density at radius 3 is 2.80 bits per heavy atom. The van der Waals surface area contributed by atoms with E-state index in [4.69, 9.17) is 4.74 Å². The lowest BCUT2D eigenvalue weighted by Gasteiger charge is -2.32. The van der Waals surface area contributed by atoms with Crippen LogP contribution in [-0.4, -0.2) is 53.3 Å². The third-order valence-corrected chi connectivity index (χ3v) is 5.31. The average molecular weight is 344 g/mol. The molecule has 2 aliphatic heterocycles. The maximum atomic E-state index is 12.3. The third kappa shape index (κ3) is 3.28. The van der Waals surface area contributed by atoms with Gasteiger partial charge < -0.3 is 19.9 Å². The topological polar surface area (TPSA) is 79.4 Å². The number of imidazole rings is 1. The van der Waals surface area contributed by atoms with Crippen LogP contribution < -0.4 is 11.0 Å². The number of urea groups is 1. The first-order valence-electron chi connectivity index (χ1n) is 9.02. The van der Waals surface area contributed by atoms with Gasteiger partial charge in [0.25, 0.3) is 0 Å². The zero-order valence-corrected chi connectivity index (χ0v) is 14.2. The molecule has 2 aromatic rings. The molecular weight excluding hydrogens is 320 g/mol. The van der Waals surface area contributed by atoms with Gasteiger partial charge in [0.2, 0.25) is 0 Å². The Labute approximate surface area is 146 Å². The van der Waals surface area contributed by atoms with Gasteiger partial charge in [0.05, 0.1) is 17.6 Å². The largest absolute Gasteiger partial charge is 0.381 e. The van der Waals surface area contributed by atoms with Crippen molar-refractivity contribution in [1.82, 2.24) is 19.8 Å². The van der Waals surface area contributed by atoms with Crippen LogP contribution in [0.3, 0.4) is 0 Å². The molecule has 0 radical (unpaired) electrons. The normalized spacial score (nSPS) is 21.8. The van der Waals surface area contributed by atoms with E-state index in [2.05, 4.69) is 10.3 Å². The monoisotopic (exact) mass is 344 g/mol. The number of likely N-dealkylation sites (tertiary alicyclic amines) is 1. The van der Waals surface area contributed by atoms with Gasteiger partial charge in [-0.25, -0.2) is 9.59 Å². The van der Waals surface area contributed by atoms with Gasteiger partial charge in [0.1, 0.15) is 0 Å². The Morgan fingerprint density at radius 1 is 1.24 bits per heavy atom. The van der Waals surface area contributed by atoms with Gasteiger partial charge in [0, 0.05) is 38.2 Å². The average Bonchev–Trinajstić information content (AvgIpc) is 3.26. The molecule has 3 heterocycles. The third-order valence-electron chi connectivity index (χ3n) is 5.31. The van der Waals surface area contributed by atoms with E-state index in [1.165, 1.54) is 0 Å². The minimum atomic E-state index is -0.0645. The van der Waals surface area contributed by atoms with E-state index in [9.17, 15) is 9.59 Å². The van der Waals surface area contributed by atoms with Gasteiger partial charge in [-0.05, 0) is 31.4 Å². The van der Waals surface area contributed by atoms with Crippen LogP contribution in [0.2, 0.25) is 0 Å². The molecule has 2 fully saturated rings. The molecular formula is C18H24N4O3. The molecule has 4 rings (SSSR count). The highest BCUT2D eigenvalue weighted by molar-refractivity contribution is 5.75. The smallest absolute Gasteiger partial charge is 0.326 e. The Kier molecular flexibility index (Phi) is 4.48. The second kappa shape index (κ2) is 6.92. The number of rotatable bonds is 3. The minimum absolute atomic E-state index is 0.00313. The van der Waals surface area contributed by atoms with Crippen LogP contribution in [0.15, 0.2) is 29.1 Å². The van der Waals surface area contributed by atoms with Gasteiger partial charge in [-0.1, -0.05) is 12.1 Å². The number of amides is 2. The lowest BCUT2D eigenvalue weighted by Crippen LogP contribution is -2.46. The summed E-state index contributed by atoms with van der Waals surface area (Å²) in [4.78, 5) is 29.4. The van der Waals surface area contributed by atoms with Crippen LogP contribution in [0.5, 0.6) is 0 Å². The Balaban J connectivity index is 1.37. The first kappa shape index (κ1) is 16.2. The maximum absolute atomic E-state index is 12.3. The molecule has 2 saturated heterocycles. The number of H-pyrrole nitrogens is 1. The van der Waals surface area contributed by atoms with E-state index in [0.29, 0.717) is 25.6 Å². The summed E-state index contributed by atoms with van der Waals surface area (Å²) in [6, 6.07) is 7.89. The molecule has 0 saturated carbocycles. The molecule has 1 aromatic heterocycles. The highest BCUT2D eigenvalue weighted by Gasteiger charge is 2.26. The molecule has 134 valence electrons. The van der Waals surface area contributed by atoms with Gasteiger partial charge in [-0.15, -0.1) is 0 Å². The summed E-state index contributed by atoms with van der Waals surface area (Å²) in [5, 5.41) is 3.02. The highest BCUT2D eigenvalue weighted by atomic mass is 16.5. The van der Waals surface area contributed by atoms with Gasteiger partial charge in [-0.3, -0.25) is 4.57 Å². The number of nitrogens with zero attached hydrogens (tertiary/aromatic N) is 2. The van der Waals surface area contributed by atoms with E-state index in [-0.39, 0.29) is 17.8 Å². The summed E-state index contributed by atoms with van der Waals surface area (Å²) >= 11 is 0. The summed E-state index contributed by atoms with van der Waals surface area (Å²) in [6.45, 7) is 3.56. The van der Waals surface area contributed by atoms with Crippen molar-refractivity contribution in [3.05, 3.63) is 34.7 Å². The second-order valence-electron chi connectivity index (χ2n) is 6.95. The number of aromatic nitrogens is 2. The maximum Gasteiger partial charge on any atom is 0.326 e. The highest BCUT2D eigenvalue weighted by Crippen LogP contribution is 2.24. The summed E-state index contributed by atoms with van der Waals surface area (Å²) in [5.74, 6) is 0.436. The van der Waals surface area contributed by atoms with Crippen molar-refractivity contribution in [2.45, 2.75) is 25.3 Å². The van der Waals surface area contributed by atoms with Crippen LogP contribution in [0.1, 0.15) is 25.3 Å². The molecule has 0 spiro atoms. The van der Waals surface area contributed by atoms with Crippen LogP contribution in [0, 0.1) is 5.92 Å². The van der Waals surface area contributed by atoms with Crippen molar-refractivity contribution in [3.63, 3.8) is 0 Å². The number of fused-ring (bicyclic) bond motifs is 1. The number of nitrogens with one attached hydrogen (secondary N) is 2. The molecule has 0 bridgehead atoms. The van der Waals surface area contributed by atoms with Gasteiger partial charge >= 0.3 is 11.7 Å². The quantitative estimate of drug-likeness (QED) is 0.890. The Bertz CT molecular complexity index is 798. The van der Waals surface area contributed by atoms with E-state index in [1.54, 1.807) is 0 Å². The standard InChI is InChI=1S/C18H24N4O3/c23-17(19-11-13-7-10-25-12-13)21-8-5-14(6-9-21)22-16-4-2-1-3-15(16)20-18(22)24/h1-4,13-14H,5-12H2,(H,19,23)(H,20,24)/t13-/m0/s1. The van der Waals surface area contributed by atoms with Crippen molar-refractivity contribution in [2.75, 3.05) is 32.8 Å². The molecule has 0 unspecified atom stereocenters. The van der Waals surface area contributed by atoms with E-state index < -0.39 is 0 Å². The summed E-state index contributed by atoms with van der Waals surface area (Å²) in [5.41, 5.74) is 1.74. The number of carbonyl (C=O) groups excluding carboxylic acids is 1. The van der Waals surface area contributed by atoms with Gasteiger partial charge in [-0.2, -0.15) is 0 Å². The van der Waals surface area contributed by atoms with E-state index in [0.717, 1.165) is 43.5 Å². The fourth-order valence-corrected chi connectivity index (χ4v) is 3.85. The van der Waals surface area contributed by atoms with Crippen LogP contribution >= 0.6 is 0 Å². The number of aromatic amines is 1. The Hall–Kier alpha value is -2.28. The van der Waals surface area contributed by atoms with E-state index >= 15 is 0 Å². The minimum Gasteiger partial charge on any atom is -0.381 e. The first-order valence-corrected chi connectivity index (χ1v) is 9.02. The molecule has 1 aromatic carbocycles. The summed E-state index contributed by atoms with van der Waals surface area (Å²) < 4.78 is 7.18. The molecule has 25 heavy (non-hydrogen) atoms. The number of hydrogen-bond donors (Lipinski definition) is 2. The zero-order valence-electron chi connectivity index (χ0n) is 14.2. The van der Waals surface area contributed by atoms with Crippen molar-refractivity contribution in [3.8, 4) is 0 Å². The van der Waals surface area contributed by atoms with Crippen LogP contribution in [0.4, 0.5) is 4.79 Å². The molecule has 2 N–H and O–H groups in total.